The van der Waals surface area contributed by atoms with Crippen LogP contribution in [0.5, 0.6) is 0 Å². The lowest BCUT2D eigenvalue weighted by atomic mass is 10.2. The number of amidine groups is 1. The van der Waals surface area contributed by atoms with Crippen LogP contribution in [0.4, 0.5) is 0 Å². The van der Waals surface area contributed by atoms with E-state index >= 15 is 0 Å². The minimum absolute atomic E-state index is 0.101. The normalized spacial score (nSPS) is 21.6. The molecule has 0 saturated carbocycles. The molecule has 1 atom stereocenters. The number of nitrogens with two attached hydrogens (primary N) is 1. The molecular weight excluding hydrogens is 254 g/mol. The molecule has 20 heavy (non-hydrogen) atoms. The topological polar surface area (TPSA) is 78.5 Å². The fourth-order valence-electron chi connectivity index (χ4n) is 2.39. The molecule has 2 N–H and O–H groups in total. The van der Waals surface area contributed by atoms with Gasteiger partial charge in [-0.25, -0.2) is 9.48 Å². The minimum Gasteiger partial charge on any atom is -0.544 e. The van der Waals surface area contributed by atoms with Gasteiger partial charge < -0.3 is 15.6 Å². The maximum atomic E-state index is 11.0. The smallest absolute Gasteiger partial charge is 0.211 e. The zero-order valence-electron chi connectivity index (χ0n) is 12.3. The van der Waals surface area contributed by atoms with E-state index in [2.05, 4.69) is 24.1 Å². The third kappa shape index (κ3) is 4.90. The standard InChI is InChI=1S/C15H25N3O2/c1-2-3-4-5-6-7-8-14-17-10-12-18(14,11-9-16)13-15(19)20/h6-7,10,12H,2-5,8-9,11,13,16H2,1H3/b7-6+. The van der Waals surface area contributed by atoms with E-state index in [9.17, 15) is 9.90 Å². The van der Waals surface area contributed by atoms with Crippen LogP contribution in [0.1, 0.15) is 39.0 Å². The van der Waals surface area contributed by atoms with Gasteiger partial charge in [0.2, 0.25) is 5.84 Å². The van der Waals surface area contributed by atoms with Crippen LogP contribution in [0.15, 0.2) is 29.5 Å². The average Bonchev–Trinajstić information content (AvgIpc) is 2.76. The van der Waals surface area contributed by atoms with Gasteiger partial charge in [0.25, 0.3) is 0 Å². The van der Waals surface area contributed by atoms with Gasteiger partial charge in [-0.05, 0) is 12.8 Å². The number of carbonyl (C=O) groups excluding carboxylic acids is 1. The molecule has 0 bridgehead atoms. The van der Waals surface area contributed by atoms with Crippen LogP contribution in [0.25, 0.3) is 0 Å². The van der Waals surface area contributed by atoms with Crippen molar-refractivity contribution < 1.29 is 14.4 Å². The van der Waals surface area contributed by atoms with Crippen LogP contribution in [-0.2, 0) is 4.79 Å². The Morgan fingerprint density at radius 3 is 2.90 bits per heavy atom. The summed E-state index contributed by atoms with van der Waals surface area (Å²) in [6.07, 6.45) is 13.0. The summed E-state index contributed by atoms with van der Waals surface area (Å²) >= 11 is 0. The Bertz CT molecular complexity index is 402. The molecule has 0 saturated heterocycles. The van der Waals surface area contributed by atoms with Crippen LogP contribution in [0, 0.1) is 0 Å². The van der Waals surface area contributed by atoms with Crippen molar-refractivity contribution in [1.82, 2.24) is 0 Å². The summed E-state index contributed by atoms with van der Waals surface area (Å²) in [5.41, 5.74) is 5.61. The van der Waals surface area contributed by atoms with Gasteiger partial charge in [-0.1, -0.05) is 31.9 Å². The Morgan fingerprint density at radius 1 is 1.45 bits per heavy atom. The number of carbonyl (C=O) groups is 1. The summed E-state index contributed by atoms with van der Waals surface area (Å²) in [7, 11) is 0. The number of carboxylic acid groups (broad SMARTS) is 1. The van der Waals surface area contributed by atoms with Crippen molar-refractivity contribution in [3.63, 3.8) is 0 Å². The van der Waals surface area contributed by atoms with E-state index in [1.54, 1.807) is 12.4 Å². The number of aliphatic carboxylic acids is 1. The summed E-state index contributed by atoms with van der Waals surface area (Å²) in [5.74, 6) is -0.254. The zero-order chi connectivity index (χ0) is 14.8. The number of nitrogens with zero attached hydrogens (tertiary/aromatic N) is 2. The second-order valence-corrected chi connectivity index (χ2v) is 5.09. The maximum Gasteiger partial charge on any atom is 0.211 e. The average molecular weight is 279 g/mol. The fraction of sp³-hybridized carbons (Fsp3) is 0.600. The monoisotopic (exact) mass is 279 g/mol. The summed E-state index contributed by atoms with van der Waals surface area (Å²) in [6.45, 7) is 3.03. The third-order valence-corrected chi connectivity index (χ3v) is 3.47. The predicted molar refractivity (Wildman–Crippen MR) is 78.5 cm³/mol. The molecule has 112 valence electrons. The molecule has 1 unspecified atom stereocenters. The van der Waals surface area contributed by atoms with E-state index in [-0.39, 0.29) is 11.0 Å². The number of hydrogen-bond acceptors (Lipinski definition) is 4. The summed E-state index contributed by atoms with van der Waals surface area (Å²) < 4.78 is 0.193. The van der Waals surface area contributed by atoms with Crippen molar-refractivity contribution in [3.8, 4) is 0 Å². The highest BCUT2D eigenvalue weighted by Crippen LogP contribution is 2.19. The van der Waals surface area contributed by atoms with Gasteiger partial charge in [0.15, 0.2) is 0 Å². The lowest BCUT2D eigenvalue weighted by Crippen LogP contribution is -2.54. The minimum atomic E-state index is -1.08. The zero-order valence-corrected chi connectivity index (χ0v) is 12.3. The summed E-state index contributed by atoms with van der Waals surface area (Å²) in [6, 6.07) is 0. The molecule has 0 aromatic heterocycles. The van der Waals surface area contributed by atoms with Crippen molar-refractivity contribution in [2.75, 3.05) is 19.6 Å². The molecule has 1 heterocycles. The van der Waals surface area contributed by atoms with Gasteiger partial charge in [-0.15, -0.1) is 0 Å². The maximum absolute atomic E-state index is 11.0. The Hall–Kier alpha value is -1.46. The van der Waals surface area contributed by atoms with Crippen molar-refractivity contribution >= 4 is 11.8 Å². The molecule has 1 aliphatic heterocycles. The van der Waals surface area contributed by atoms with E-state index in [0.29, 0.717) is 19.5 Å². The Kier molecular flexibility index (Phi) is 7.18. The van der Waals surface area contributed by atoms with Crippen molar-refractivity contribution in [1.29, 1.82) is 0 Å². The first-order valence-corrected chi connectivity index (χ1v) is 7.31. The highest BCUT2D eigenvalue weighted by atomic mass is 16.4. The van der Waals surface area contributed by atoms with Gasteiger partial charge in [-0.3, -0.25) is 0 Å². The molecular formula is C15H25N3O2. The van der Waals surface area contributed by atoms with Gasteiger partial charge >= 0.3 is 0 Å². The van der Waals surface area contributed by atoms with E-state index < -0.39 is 5.97 Å². The first kappa shape index (κ1) is 16.6. The number of rotatable bonds is 10. The van der Waals surface area contributed by atoms with Gasteiger partial charge in [0.05, 0.1) is 18.6 Å². The summed E-state index contributed by atoms with van der Waals surface area (Å²) in [5, 5.41) is 11.0. The first-order chi connectivity index (χ1) is 9.64. The highest BCUT2D eigenvalue weighted by molar-refractivity contribution is 5.82. The van der Waals surface area contributed by atoms with Crippen LogP contribution in [0.2, 0.25) is 0 Å². The van der Waals surface area contributed by atoms with Gasteiger partial charge in [-0.2, -0.15) is 0 Å². The molecule has 0 fully saturated rings. The van der Waals surface area contributed by atoms with E-state index in [1.807, 2.05) is 0 Å². The molecule has 0 spiro atoms. The van der Waals surface area contributed by atoms with E-state index in [4.69, 9.17) is 5.73 Å². The van der Waals surface area contributed by atoms with Crippen molar-refractivity contribution in [2.24, 2.45) is 10.7 Å². The molecule has 0 aromatic carbocycles. The number of unbranched alkanes of at least 4 members (excludes halogenated alkanes) is 3. The number of hydrogen-bond donors (Lipinski definition) is 1. The van der Waals surface area contributed by atoms with Crippen LogP contribution in [0.3, 0.4) is 0 Å². The van der Waals surface area contributed by atoms with E-state index in [0.717, 1.165) is 12.3 Å². The molecule has 0 aliphatic carbocycles. The second kappa shape index (κ2) is 8.66. The van der Waals surface area contributed by atoms with Crippen molar-refractivity contribution in [2.45, 2.75) is 39.0 Å². The lowest BCUT2D eigenvalue weighted by molar-refractivity contribution is -0.780. The summed E-state index contributed by atoms with van der Waals surface area (Å²) in [4.78, 5) is 15.3. The molecule has 0 aromatic rings. The number of allylic oxidation sites excluding steroid dienone is 1. The molecule has 5 heteroatoms. The van der Waals surface area contributed by atoms with Gasteiger partial charge in [0, 0.05) is 6.54 Å². The molecule has 1 aliphatic rings. The molecule has 1 rings (SSSR count). The highest BCUT2D eigenvalue weighted by Gasteiger charge is 2.33. The van der Waals surface area contributed by atoms with Crippen LogP contribution in [-0.4, -0.2) is 35.9 Å². The molecule has 5 nitrogen and oxygen atoms in total. The second-order valence-electron chi connectivity index (χ2n) is 5.09. The Morgan fingerprint density at radius 2 is 2.25 bits per heavy atom. The quantitative estimate of drug-likeness (QED) is 0.367. The number of quaternary nitrogens is 1. The lowest BCUT2D eigenvalue weighted by Gasteiger charge is -2.32. The van der Waals surface area contributed by atoms with Crippen molar-refractivity contribution in [3.05, 3.63) is 24.6 Å². The molecule has 0 radical (unpaired) electrons. The van der Waals surface area contributed by atoms with Gasteiger partial charge in [0.1, 0.15) is 19.3 Å². The number of carboxylic acids is 1. The molecule has 0 amide bonds. The third-order valence-electron chi connectivity index (χ3n) is 3.47. The fourth-order valence-corrected chi connectivity index (χ4v) is 2.39. The van der Waals surface area contributed by atoms with E-state index in [1.165, 1.54) is 19.3 Å². The number of aliphatic imine (C=N–C) groups is 1. The first-order valence-electron chi connectivity index (χ1n) is 7.31. The Labute approximate surface area is 121 Å². The largest absolute Gasteiger partial charge is 0.544 e. The SMILES string of the molecule is CCCCC/C=C/CC1=NC=C[N+]1(CCN)CC(=O)[O-]. The van der Waals surface area contributed by atoms with Crippen LogP contribution < -0.4 is 10.8 Å². The predicted octanol–water partition coefficient (Wildman–Crippen LogP) is 0.922. The Balaban J connectivity index is 2.56. The van der Waals surface area contributed by atoms with Crippen LogP contribution >= 0.6 is 0 Å².